The summed E-state index contributed by atoms with van der Waals surface area (Å²) in [6.07, 6.45) is 0. The van der Waals surface area contributed by atoms with Gasteiger partial charge in [0, 0.05) is 6.07 Å². The SMILES string of the molecule is COc1cc([N+](=O)[O-])ccc1NC(=O)[C@H](C)[NH+](C)Cc1ccc(Cl)s1. The molecule has 7 nitrogen and oxygen atoms in total. The van der Waals surface area contributed by atoms with Crippen molar-refractivity contribution in [3.05, 3.63) is 49.7 Å². The van der Waals surface area contributed by atoms with E-state index in [0.717, 1.165) is 14.1 Å². The maximum atomic E-state index is 12.5. The molecule has 2 N–H and O–H groups in total. The lowest BCUT2D eigenvalue weighted by molar-refractivity contribution is -0.907. The molecule has 2 aromatic rings. The molecule has 0 radical (unpaired) electrons. The van der Waals surface area contributed by atoms with Gasteiger partial charge in [-0.2, -0.15) is 0 Å². The molecule has 2 rings (SSSR count). The Morgan fingerprint density at radius 1 is 1.44 bits per heavy atom. The number of non-ortho nitro benzene ring substituents is 1. The molecule has 1 heterocycles. The van der Waals surface area contributed by atoms with Crippen LogP contribution in [-0.2, 0) is 11.3 Å². The lowest BCUT2D eigenvalue weighted by Crippen LogP contribution is -3.12. The van der Waals surface area contributed by atoms with E-state index in [2.05, 4.69) is 5.32 Å². The van der Waals surface area contributed by atoms with E-state index in [4.69, 9.17) is 16.3 Å². The summed E-state index contributed by atoms with van der Waals surface area (Å²) in [5.74, 6) is 0.0461. The van der Waals surface area contributed by atoms with Gasteiger partial charge in [-0.05, 0) is 25.1 Å². The molecule has 0 aliphatic heterocycles. The summed E-state index contributed by atoms with van der Waals surface area (Å²) in [7, 11) is 3.32. The highest BCUT2D eigenvalue weighted by molar-refractivity contribution is 7.16. The summed E-state index contributed by atoms with van der Waals surface area (Å²) >= 11 is 7.42. The number of quaternary nitrogens is 1. The fraction of sp³-hybridized carbons (Fsp3) is 0.312. The smallest absolute Gasteiger partial charge is 0.282 e. The Hall–Kier alpha value is -2.16. The Balaban J connectivity index is 2.06. The maximum absolute atomic E-state index is 12.5. The van der Waals surface area contributed by atoms with E-state index in [0.29, 0.717) is 12.2 Å². The van der Waals surface area contributed by atoms with Gasteiger partial charge in [-0.3, -0.25) is 14.9 Å². The Kier molecular flexibility index (Phi) is 6.35. The second-order valence-electron chi connectivity index (χ2n) is 5.58. The minimum absolute atomic E-state index is 0.0970. The number of benzene rings is 1. The number of nitro groups is 1. The normalized spacial score (nSPS) is 13.1. The summed E-state index contributed by atoms with van der Waals surface area (Å²) in [6.45, 7) is 2.49. The number of carbonyl (C=O) groups excluding carboxylic acids is 1. The van der Waals surface area contributed by atoms with E-state index in [9.17, 15) is 14.9 Å². The average molecular weight is 385 g/mol. The van der Waals surface area contributed by atoms with Crippen molar-refractivity contribution < 1.29 is 19.4 Å². The second kappa shape index (κ2) is 8.28. The van der Waals surface area contributed by atoms with E-state index >= 15 is 0 Å². The Labute approximate surface area is 154 Å². The quantitative estimate of drug-likeness (QED) is 0.566. The lowest BCUT2D eigenvalue weighted by Gasteiger charge is -2.21. The number of methoxy groups -OCH3 is 1. The Bertz CT molecular complexity index is 780. The van der Waals surface area contributed by atoms with Crippen LogP contribution in [-0.4, -0.2) is 31.0 Å². The van der Waals surface area contributed by atoms with Crippen LogP contribution in [0.15, 0.2) is 30.3 Å². The molecule has 1 aromatic heterocycles. The highest BCUT2D eigenvalue weighted by Crippen LogP contribution is 2.29. The predicted octanol–water partition coefficient (Wildman–Crippen LogP) is 2.36. The Morgan fingerprint density at radius 2 is 2.16 bits per heavy atom. The number of ether oxygens (including phenoxy) is 1. The van der Waals surface area contributed by atoms with Crippen LogP contribution in [0.5, 0.6) is 5.75 Å². The fourth-order valence-electron chi connectivity index (χ4n) is 2.24. The predicted molar refractivity (Wildman–Crippen MR) is 97.7 cm³/mol. The molecule has 25 heavy (non-hydrogen) atoms. The van der Waals surface area contributed by atoms with Crippen LogP contribution in [0.4, 0.5) is 11.4 Å². The lowest BCUT2D eigenvalue weighted by atomic mass is 10.2. The van der Waals surface area contributed by atoms with E-state index in [-0.39, 0.29) is 23.4 Å². The molecule has 1 unspecified atom stereocenters. The first-order valence-corrected chi connectivity index (χ1v) is 8.71. The molecule has 0 spiro atoms. The third kappa shape index (κ3) is 4.91. The molecule has 9 heteroatoms. The molecule has 0 aliphatic carbocycles. The first-order chi connectivity index (χ1) is 11.8. The van der Waals surface area contributed by atoms with Crippen molar-refractivity contribution in [2.75, 3.05) is 19.5 Å². The zero-order chi connectivity index (χ0) is 18.6. The van der Waals surface area contributed by atoms with Gasteiger partial charge in [-0.15, -0.1) is 11.3 Å². The molecule has 0 fully saturated rings. The third-order valence-corrected chi connectivity index (χ3v) is 5.10. The summed E-state index contributed by atoms with van der Waals surface area (Å²) < 4.78 is 5.85. The number of rotatable bonds is 7. The van der Waals surface area contributed by atoms with Crippen molar-refractivity contribution in [2.24, 2.45) is 0 Å². The zero-order valence-electron chi connectivity index (χ0n) is 14.0. The number of amides is 1. The number of thiophene rings is 1. The second-order valence-corrected chi connectivity index (χ2v) is 7.38. The van der Waals surface area contributed by atoms with Gasteiger partial charge in [0.1, 0.15) is 12.3 Å². The molecule has 1 amide bonds. The van der Waals surface area contributed by atoms with E-state index in [1.807, 2.05) is 26.1 Å². The van der Waals surface area contributed by atoms with Gasteiger partial charge in [0.05, 0.1) is 40.0 Å². The van der Waals surface area contributed by atoms with E-state index in [1.54, 1.807) is 0 Å². The van der Waals surface area contributed by atoms with Crippen molar-refractivity contribution in [3.8, 4) is 5.75 Å². The average Bonchev–Trinajstić information content (AvgIpc) is 2.98. The van der Waals surface area contributed by atoms with Crippen molar-refractivity contribution in [1.82, 2.24) is 0 Å². The molecule has 0 saturated heterocycles. The molecular formula is C16H19ClN3O4S+. The van der Waals surface area contributed by atoms with Crippen LogP contribution in [0.3, 0.4) is 0 Å². The number of anilines is 1. The molecular weight excluding hydrogens is 366 g/mol. The first-order valence-electron chi connectivity index (χ1n) is 7.51. The number of nitro benzene ring substituents is 1. The number of likely N-dealkylation sites (N-methyl/N-ethyl adjacent to an activating group) is 1. The number of nitrogens with one attached hydrogen (secondary N) is 2. The van der Waals surface area contributed by atoms with Crippen molar-refractivity contribution in [1.29, 1.82) is 0 Å². The molecule has 0 bridgehead atoms. The minimum atomic E-state index is -0.513. The van der Waals surface area contributed by atoms with Crippen LogP contribution >= 0.6 is 22.9 Å². The monoisotopic (exact) mass is 384 g/mol. The first kappa shape index (κ1) is 19.2. The minimum Gasteiger partial charge on any atom is -0.494 e. The van der Waals surface area contributed by atoms with Gasteiger partial charge in [0.2, 0.25) is 0 Å². The molecule has 2 atom stereocenters. The van der Waals surface area contributed by atoms with Gasteiger partial charge in [-0.25, -0.2) is 0 Å². The number of hydrogen-bond acceptors (Lipinski definition) is 5. The fourth-order valence-corrected chi connectivity index (χ4v) is 3.42. The van der Waals surface area contributed by atoms with Crippen LogP contribution in [0.25, 0.3) is 0 Å². The standard InChI is InChI=1S/C16H18ClN3O4S/c1-10(19(2)9-12-5-7-15(17)25-12)16(21)18-13-6-4-11(20(22)23)8-14(13)24-3/h4-8,10H,9H2,1-3H3,(H,18,21)/p+1/t10-/m0/s1. The highest BCUT2D eigenvalue weighted by atomic mass is 35.5. The van der Waals surface area contributed by atoms with E-state index in [1.165, 1.54) is 36.6 Å². The van der Waals surface area contributed by atoms with Crippen LogP contribution in [0.2, 0.25) is 4.34 Å². The number of carbonyl (C=O) groups is 1. The third-order valence-electron chi connectivity index (χ3n) is 3.87. The number of nitrogens with zero attached hydrogens (tertiary/aromatic N) is 1. The largest absolute Gasteiger partial charge is 0.494 e. The van der Waals surface area contributed by atoms with Gasteiger partial charge in [0.15, 0.2) is 6.04 Å². The van der Waals surface area contributed by atoms with Crippen molar-refractivity contribution in [2.45, 2.75) is 19.5 Å². The molecule has 0 saturated carbocycles. The van der Waals surface area contributed by atoms with Crippen LogP contribution < -0.4 is 15.0 Å². The Morgan fingerprint density at radius 3 is 2.72 bits per heavy atom. The van der Waals surface area contributed by atoms with Gasteiger partial charge in [0.25, 0.3) is 11.6 Å². The maximum Gasteiger partial charge on any atom is 0.282 e. The number of hydrogen-bond donors (Lipinski definition) is 2. The summed E-state index contributed by atoms with van der Waals surface area (Å²) in [6, 6.07) is 7.52. The van der Waals surface area contributed by atoms with Crippen LogP contribution in [0.1, 0.15) is 11.8 Å². The highest BCUT2D eigenvalue weighted by Gasteiger charge is 2.24. The van der Waals surface area contributed by atoms with Gasteiger partial charge >= 0.3 is 0 Å². The van der Waals surface area contributed by atoms with E-state index < -0.39 is 4.92 Å². The molecule has 1 aromatic carbocycles. The van der Waals surface area contributed by atoms with Gasteiger partial charge in [-0.1, -0.05) is 11.6 Å². The summed E-state index contributed by atoms with van der Waals surface area (Å²) in [5, 5.41) is 13.6. The zero-order valence-corrected chi connectivity index (χ0v) is 15.6. The van der Waals surface area contributed by atoms with Crippen molar-refractivity contribution >= 4 is 40.2 Å². The molecule has 0 aliphatic rings. The summed E-state index contributed by atoms with van der Waals surface area (Å²) in [4.78, 5) is 24.9. The van der Waals surface area contributed by atoms with Crippen molar-refractivity contribution in [3.63, 3.8) is 0 Å². The number of halogens is 1. The topological polar surface area (TPSA) is 85.9 Å². The van der Waals surface area contributed by atoms with Gasteiger partial charge < -0.3 is 15.0 Å². The summed E-state index contributed by atoms with van der Waals surface area (Å²) in [5.41, 5.74) is 0.303. The molecule has 134 valence electrons. The van der Waals surface area contributed by atoms with Crippen LogP contribution in [0, 0.1) is 10.1 Å².